The third-order valence-electron chi connectivity index (χ3n) is 2.55. The van der Waals surface area contributed by atoms with Gasteiger partial charge in [-0.3, -0.25) is 4.98 Å². The standard InChI is InChI=1S/C13H11ClFNO2/c1-18-10-6-3-7-16-12(10)13(17)8-4-2-5-9(14)11(8)15/h2-7,13,17H,1H3. The minimum atomic E-state index is -1.22. The van der Waals surface area contributed by atoms with E-state index in [1.54, 1.807) is 18.2 Å². The van der Waals surface area contributed by atoms with Gasteiger partial charge < -0.3 is 9.84 Å². The van der Waals surface area contributed by atoms with Crippen LogP contribution in [0, 0.1) is 5.82 Å². The summed E-state index contributed by atoms with van der Waals surface area (Å²) < 4.78 is 18.9. The Labute approximate surface area is 109 Å². The number of benzene rings is 1. The first-order valence-electron chi connectivity index (χ1n) is 5.26. The molecule has 0 amide bonds. The van der Waals surface area contributed by atoms with Gasteiger partial charge >= 0.3 is 0 Å². The summed E-state index contributed by atoms with van der Waals surface area (Å²) in [7, 11) is 1.46. The molecule has 0 aliphatic carbocycles. The lowest BCUT2D eigenvalue weighted by atomic mass is 10.0. The molecule has 0 aliphatic rings. The lowest BCUT2D eigenvalue weighted by molar-refractivity contribution is 0.204. The number of methoxy groups -OCH3 is 1. The average Bonchev–Trinajstić information content (AvgIpc) is 2.41. The lowest BCUT2D eigenvalue weighted by Gasteiger charge is -2.14. The highest BCUT2D eigenvalue weighted by Crippen LogP contribution is 2.31. The summed E-state index contributed by atoms with van der Waals surface area (Å²) in [6.45, 7) is 0. The molecule has 0 saturated carbocycles. The Bertz CT molecular complexity index is 562. The van der Waals surface area contributed by atoms with Gasteiger partial charge in [0, 0.05) is 11.8 Å². The van der Waals surface area contributed by atoms with Crippen molar-refractivity contribution in [3.05, 3.63) is 58.6 Å². The fourth-order valence-electron chi connectivity index (χ4n) is 1.66. The fourth-order valence-corrected chi connectivity index (χ4v) is 1.84. The smallest absolute Gasteiger partial charge is 0.147 e. The third-order valence-corrected chi connectivity index (χ3v) is 2.85. The average molecular weight is 268 g/mol. The molecule has 1 atom stereocenters. The van der Waals surface area contributed by atoms with Crippen molar-refractivity contribution < 1.29 is 14.2 Å². The summed E-state index contributed by atoms with van der Waals surface area (Å²) in [5.74, 6) is -0.260. The second-order valence-electron chi connectivity index (χ2n) is 3.64. The number of aliphatic hydroxyl groups is 1. The number of hydrogen-bond donors (Lipinski definition) is 1. The van der Waals surface area contributed by atoms with Crippen LogP contribution in [0.3, 0.4) is 0 Å². The summed E-state index contributed by atoms with van der Waals surface area (Å²) in [6.07, 6.45) is 0.281. The molecule has 0 saturated heterocycles. The van der Waals surface area contributed by atoms with E-state index in [2.05, 4.69) is 4.98 Å². The zero-order valence-electron chi connectivity index (χ0n) is 9.60. The van der Waals surface area contributed by atoms with Crippen LogP contribution in [0.15, 0.2) is 36.5 Å². The van der Waals surface area contributed by atoms with E-state index in [0.29, 0.717) is 5.75 Å². The van der Waals surface area contributed by atoms with Crippen LogP contribution in [0.1, 0.15) is 17.4 Å². The van der Waals surface area contributed by atoms with Crippen molar-refractivity contribution >= 4 is 11.6 Å². The molecule has 1 N–H and O–H groups in total. The molecular formula is C13H11ClFNO2. The lowest BCUT2D eigenvalue weighted by Crippen LogP contribution is -2.07. The Kier molecular flexibility index (Phi) is 3.79. The SMILES string of the molecule is COc1cccnc1C(O)c1cccc(Cl)c1F. The van der Waals surface area contributed by atoms with Crippen LogP contribution in [0.25, 0.3) is 0 Å². The number of pyridine rings is 1. The molecule has 3 nitrogen and oxygen atoms in total. The van der Waals surface area contributed by atoms with E-state index in [1.165, 1.54) is 25.4 Å². The van der Waals surface area contributed by atoms with E-state index in [0.717, 1.165) is 0 Å². The van der Waals surface area contributed by atoms with Crippen LogP contribution in [0.2, 0.25) is 5.02 Å². The molecule has 1 aromatic carbocycles. The van der Waals surface area contributed by atoms with Gasteiger partial charge in [0.25, 0.3) is 0 Å². The molecule has 0 radical (unpaired) electrons. The van der Waals surface area contributed by atoms with Crippen molar-refractivity contribution in [3.8, 4) is 5.75 Å². The van der Waals surface area contributed by atoms with Gasteiger partial charge in [-0.1, -0.05) is 23.7 Å². The van der Waals surface area contributed by atoms with Crippen LogP contribution in [0.5, 0.6) is 5.75 Å². The molecule has 18 heavy (non-hydrogen) atoms. The molecular weight excluding hydrogens is 257 g/mol. The topological polar surface area (TPSA) is 42.4 Å². The second kappa shape index (κ2) is 5.33. The van der Waals surface area contributed by atoms with Crippen LogP contribution in [-0.2, 0) is 0 Å². The van der Waals surface area contributed by atoms with Crippen molar-refractivity contribution in [2.45, 2.75) is 6.10 Å². The maximum absolute atomic E-state index is 13.8. The largest absolute Gasteiger partial charge is 0.495 e. The predicted octanol–water partition coefficient (Wildman–Crippen LogP) is 2.96. The molecule has 0 bridgehead atoms. The number of rotatable bonds is 3. The quantitative estimate of drug-likeness (QED) is 0.930. The van der Waals surface area contributed by atoms with Crippen LogP contribution in [-0.4, -0.2) is 17.2 Å². The Morgan fingerprint density at radius 3 is 2.83 bits per heavy atom. The van der Waals surface area contributed by atoms with Gasteiger partial charge in [-0.25, -0.2) is 4.39 Å². The molecule has 1 heterocycles. The predicted molar refractivity (Wildman–Crippen MR) is 66.3 cm³/mol. The first-order chi connectivity index (χ1) is 8.65. The van der Waals surface area contributed by atoms with Crippen molar-refractivity contribution in [2.24, 2.45) is 0 Å². The van der Waals surface area contributed by atoms with Crippen LogP contribution < -0.4 is 4.74 Å². The fraction of sp³-hybridized carbons (Fsp3) is 0.154. The maximum atomic E-state index is 13.8. The van der Waals surface area contributed by atoms with Crippen LogP contribution in [0.4, 0.5) is 4.39 Å². The highest BCUT2D eigenvalue weighted by molar-refractivity contribution is 6.30. The van der Waals surface area contributed by atoms with Gasteiger partial charge in [-0.05, 0) is 18.2 Å². The van der Waals surface area contributed by atoms with E-state index in [1.807, 2.05) is 0 Å². The maximum Gasteiger partial charge on any atom is 0.147 e. The molecule has 0 spiro atoms. The zero-order valence-corrected chi connectivity index (χ0v) is 10.4. The van der Waals surface area contributed by atoms with Crippen LogP contribution >= 0.6 is 11.6 Å². The minimum absolute atomic E-state index is 0.0403. The van der Waals surface area contributed by atoms with Crippen molar-refractivity contribution in [2.75, 3.05) is 7.11 Å². The van der Waals surface area contributed by atoms with Gasteiger partial charge in [0.15, 0.2) is 0 Å². The molecule has 2 rings (SSSR count). The summed E-state index contributed by atoms with van der Waals surface area (Å²) in [4.78, 5) is 4.01. The first kappa shape index (κ1) is 12.8. The summed E-state index contributed by atoms with van der Waals surface area (Å²) in [5.41, 5.74) is 0.320. The Balaban J connectivity index is 2.48. The summed E-state index contributed by atoms with van der Waals surface area (Å²) in [6, 6.07) is 7.76. The van der Waals surface area contributed by atoms with Gasteiger partial charge in [0.1, 0.15) is 23.4 Å². The molecule has 2 aromatic rings. The molecule has 0 aliphatic heterocycles. The van der Waals surface area contributed by atoms with E-state index in [9.17, 15) is 9.50 Å². The molecule has 1 unspecified atom stereocenters. The van der Waals surface area contributed by atoms with E-state index < -0.39 is 11.9 Å². The summed E-state index contributed by atoms with van der Waals surface area (Å²) >= 11 is 5.68. The molecule has 0 fully saturated rings. The summed E-state index contributed by atoms with van der Waals surface area (Å²) in [5, 5.41) is 10.1. The normalized spacial score (nSPS) is 12.2. The Morgan fingerprint density at radius 1 is 1.33 bits per heavy atom. The van der Waals surface area contributed by atoms with E-state index in [4.69, 9.17) is 16.3 Å². The van der Waals surface area contributed by atoms with Gasteiger partial charge in [0.05, 0.1) is 12.1 Å². The highest BCUT2D eigenvalue weighted by atomic mass is 35.5. The van der Waals surface area contributed by atoms with Crippen molar-refractivity contribution in [1.82, 2.24) is 4.98 Å². The van der Waals surface area contributed by atoms with Gasteiger partial charge in [-0.15, -0.1) is 0 Å². The monoisotopic (exact) mass is 267 g/mol. The highest BCUT2D eigenvalue weighted by Gasteiger charge is 2.21. The molecule has 1 aromatic heterocycles. The number of aliphatic hydroxyl groups excluding tert-OH is 1. The van der Waals surface area contributed by atoms with Gasteiger partial charge in [0.2, 0.25) is 0 Å². The van der Waals surface area contributed by atoms with E-state index >= 15 is 0 Å². The second-order valence-corrected chi connectivity index (χ2v) is 4.04. The Morgan fingerprint density at radius 2 is 2.11 bits per heavy atom. The Hall–Kier alpha value is -1.65. The number of ether oxygens (including phenoxy) is 1. The third kappa shape index (κ3) is 2.30. The molecule has 5 heteroatoms. The zero-order chi connectivity index (χ0) is 13.1. The number of halogens is 2. The van der Waals surface area contributed by atoms with Crippen molar-refractivity contribution in [1.29, 1.82) is 0 Å². The van der Waals surface area contributed by atoms with E-state index in [-0.39, 0.29) is 16.3 Å². The number of hydrogen-bond acceptors (Lipinski definition) is 3. The number of aromatic nitrogens is 1. The number of nitrogens with zero attached hydrogens (tertiary/aromatic N) is 1. The molecule has 94 valence electrons. The minimum Gasteiger partial charge on any atom is -0.495 e. The van der Waals surface area contributed by atoms with Gasteiger partial charge in [-0.2, -0.15) is 0 Å². The van der Waals surface area contributed by atoms with Crippen molar-refractivity contribution in [3.63, 3.8) is 0 Å². The first-order valence-corrected chi connectivity index (χ1v) is 5.64.